The van der Waals surface area contributed by atoms with E-state index in [1.807, 2.05) is 6.07 Å². The Morgan fingerprint density at radius 3 is 2.75 bits per heavy atom. The second-order valence-electron chi connectivity index (χ2n) is 5.33. The van der Waals surface area contributed by atoms with Crippen LogP contribution in [-0.2, 0) is 14.4 Å². The first-order valence-corrected chi connectivity index (χ1v) is 6.49. The number of hydrogen-bond acceptors (Lipinski definition) is 5. The molecule has 1 saturated heterocycles. The van der Waals surface area contributed by atoms with Crippen molar-refractivity contribution in [2.75, 3.05) is 26.7 Å². The zero-order chi connectivity index (χ0) is 15.3. The minimum Gasteiger partial charge on any atom is -0.345 e. The SMILES string of the molecule is CN(CCC#N)C(=O)CCN1CC(=O)NC(=O)C1(C)C. The molecule has 0 aliphatic carbocycles. The molecule has 0 bridgehead atoms. The molecule has 0 unspecified atom stereocenters. The Morgan fingerprint density at radius 1 is 1.50 bits per heavy atom. The normalized spacial score (nSPS) is 18.3. The minimum absolute atomic E-state index is 0.102. The van der Waals surface area contributed by atoms with Gasteiger partial charge in [-0.15, -0.1) is 0 Å². The summed E-state index contributed by atoms with van der Waals surface area (Å²) < 4.78 is 0. The van der Waals surface area contributed by atoms with Crippen molar-refractivity contribution in [1.29, 1.82) is 5.26 Å². The molecule has 0 aromatic heterocycles. The summed E-state index contributed by atoms with van der Waals surface area (Å²) >= 11 is 0. The van der Waals surface area contributed by atoms with Crippen LogP contribution in [0.15, 0.2) is 0 Å². The standard InChI is InChI=1S/C13H20N4O3/c1-13(2)12(20)15-10(18)9-17(13)8-5-11(19)16(3)7-4-6-14/h4-5,7-9H2,1-3H3,(H,15,18,20). The van der Waals surface area contributed by atoms with E-state index >= 15 is 0 Å². The van der Waals surface area contributed by atoms with Crippen LogP contribution in [-0.4, -0.2) is 59.7 Å². The van der Waals surface area contributed by atoms with Gasteiger partial charge in [-0.25, -0.2) is 0 Å². The lowest BCUT2D eigenvalue weighted by Gasteiger charge is -2.40. The molecule has 1 heterocycles. The van der Waals surface area contributed by atoms with Gasteiger partial charge in [-0.3, -0.25) is 24.6 Å². The fourth-order valence-corrected chi connectivity index (χ4v) is 1.96. The molecular weight excluding hydrogens is 260 g/mol. The maximum atomic E-state index is 11.9. The van der Waals surface area contributed by atoms with Crippen LogP contribution < -0.4 is 5.32 Å². The highest BCUT2D eigenvalue weighted by molar-refractivity contribution is 6.02. The van der Waals surface area contributed by atoms with Crippen molar-refractivity contribution in [2.24, 2.45) is 0 Å². The summed E-state index contributed by atoms with van der Waals surface area (Å²) in [6.45, 7) is 4.27. The van der Waals surface area contributed by atoms with E-state index in [4.69, 9.17) is 5.26 Å². The fourth-order valence-electron chi connectivity index (χ4n) is 1.96. The number of nitriles is 1. The number of rotatable bonds is 5. The van der Waals surface area contributed by atoms with Crippen LogP contribution in [0.5, 0.6) is 0 Å². The van der Waals surface area contributed by atoms with E-state index in [9.17, 15) is 14.4 Å². The Kier molecular flexibility index (Phi) is 5.22. The lowest BCUT2D eigenvalue weighted by atomic mass is 9.98. The minimum atomic E-state index is -0.806. The van der Waals surface area contributed by atoms with Crippen molar-refractivity contribution in [3.8, 4) is 6.07 Å². The van der Waals surface area contributed by atoms with Gasteiger partial charge in [0, 0.05) is 26.6 Å². The molecule has 0 atom stereocenters. The van der Waals surface area contributed by atoms with Crippen LogP contribution >= 0.6 is 0 Å². The maximum Gasteiger partial charge on any atom is 0.246 e. The van der Waals surface area contributed by atoms with Crippen molar-refractivity contribution in [1.82, 2.24) is 15.1 Å². The smallest absolute Gasteiger partial charge is 0.246 e. The predicted octanol–water partition coefficient (Wildman–Crippen LogP) is -0.514. The number of carbonyl (C=O) groups excluding carboxylic acids is 3. The van der Waals surface area contributed by atoms with Gasteiger partial charge in [0.05, 0.1) is 24.6 Å². The van der Waals surface area contributed by atoms with E-state index in [0.29, 0.717) is 19.5 Å². The summed E-state index contributed by atoms with van der Waals surface area (Å²) in [6, 6.07) is 1.98. The third-order valence-electron chi connectivity index (χ3n) is 3.51. The van der Waals surface area contributed by atoms with Gasteiger partial charge in [0.1, 0.15) is 0 Å². The molecule has 7 heteroatoms. The Balaban J connectivity index is 2.55. The number of imide groups is 1. The van der Waals surface area contributed by atoms with Gasteiger partial charge in [0.25, 0.3) is 0 Å². The lowest BCUT2D eigenvalue weighted by Crippen LogP contribution is -2.64. The number of amides is 3. The molecule has 1 rings (SSSR count). The second-order valence-corrected chi connectivity index (χ2v) is 5.33. The molecule has 0 aromatic rings. The first kappa shape index (κ1) is 16.1. The first-order chi connectivity index (χ1) is 9.28. The molecule has 7 nitrogen and oxygen atoms in total. The highest BCUT2D eigenvalue weighted by atomic mass is 16.2. The Bertz CT molecular complexity index is 453. The molecule has 1 N–H and O–H groups in total. The van der Waals surface area contributed by atoms with Gasteiger partial charge in [0.15, 0.2) is 0 Å². The summed E-state index contributed by atoms with van der Waals surface area (Å²) in [5.74, 6) is -0.798. The van der Waals surface area contributed by atoms with Gasteiger partial charge >= 0.3 is 0 Å². The topological polar surface area (TPSA) is 93.5 Å². The van der Waals surface area contributed by atoms with Crippen LogP contribution in [0.3, 0.4) is 0 Å². The van der Waals surface area contributed by atoms with Crippen molar-refractivity contribution in [3.63, 3.8) is 0 Å². The molecule has 1 aliphatic heterocycles. The Morgan fingerprint density at radius 2 is 2.15 bits per heavy atom. The van der Waals surface area contributed by atoms with Gasteiger partial charge in [-0.2, -0.15) is 5.26 Å². The van der Waals surface area contributed by atoms with E-state index in [-0.39, 0.29) is 30.7 Å². The second kappa shape index (κ2) is 6.48. The molecule has 3 amide bonds. The van der Waals surface area contributed by atoms with E-state index < -0.39 is 5.54 Å². The number of nitrogens with zero attached hydrogens (tertiary/aromatic N) is 3. The van der Waals surface area contributed by atoms with Crippen molar-refractivity contribution >= 4 is 17.7 Å². The predicted molar refractivity (Wildman–Crippen MR) is 71.3 cm³/mol. The fraction of sp³-hybridized carbons (Fsp3) is 0.692. The van der Waals surface area contributed by atoms with E-state index in [1.54, 1.807) is 25.8 Å². The zero-order valence-corrected chi connectivity index (χ0v) is 12.1. The molecule has 0 aromatic carbocycles. The molecule has 20 heavy (non-hydrogen) atoms. The van der Waals surface area contributed by atoms with Crippen LogP contribution in [0.4, 0.5) is 0 Å². The molecule has 110 valence electrons. The summed E-state index contributed by atoms with van der Waals surface area (Å²) in [4.78, 5) is 38.2. The Labute approximate surface area is 118 Å². The van der Waals surface area contributed by atoms with E-state index in [0.717, 1.165) is 0 Å². The number of hydrogen-bond donors (Lipinski definition) is 1. The van der Waals surface area contributed by atoms with Crippen molar-refractivity contribution in [2.45, 2.75) is 32.2 Å². The monoisotopic (exact) mass is 280 g/mol. The van der Waals surface area contributed by atoms with Crippen LogP contribution in [0, 0.1) is 11.3 Å². The van der Waals surface area contributed by atoms with Crippen molar-refractivity contribution < 1.29 is 14.4 Å². The summed E-state index contributed by atoms with van der Waals surface area (Å²) in [5.41, 5.74) is -0.806. The number of carbonyl (C=O) groups is 3. The Hall–Kier alpha value is -1.94. The molecule has 0 spiro atoms. The maximum absolute atomic E-state index is 11.9. The van der Waals surface area contributed by atoms with E-state index in [1.165, 1.54) is 4.90 Å². The number of piperazine rings is 1. The molecular formula is C13H20N4O3. The van der Waals surface area contributed by atoms with Crippen LogP contribution in [0.25, 0.3) is 0 Å². The quantitative estimate of drug-likeness (QED) is 0.684. The largest absolute Gasteiger partial charge is 0.345 e. The average Bonchev–Trinajstić information content (AvgIpc) is 2.38. The highest BCUT2D eigenvalue weighted by Crippen LogP contribution is 2.18. The van der Waals surface area contributed by atoms with Gasteiger partial charge < -0.3 is 4.90 Å². The highest BCUT2D eigenvalue weighted by Gasteiger charge is 2.40. The zero-order valence-electron chi connectivity index (χ0n) is 12.1. The van der Waals surface area contributed by atoms with Crippen LogP contribution in [0.2, 0.25) is 0 Å². The third kappa shape index (κ3) is 3.78. The molecule has 1 fully saturated rings. The van der Waals surface area contributed by atoms with Crippen molar-refractivity contribution in [3.05, 3.63) is 0 Å². The summed E-state index contributed by atoms with van der Waals surface area (Å²) in [5, 5.41) is 10.8. The van der Waals surface area contributed by atoms with Gasteiger partial charge in [0.2, 0.25) is 17.7 Å². The third-order valence-corrected chi connectivity index (χ3v) is 3.51. The van der Waals surface area contributed by atoms with E-state index in [2.05, 4.69) is 5.32 Å². The van der Waals surface area contributed by atoms with Gasteiger partial charge in [-0.05, 0) is 13.8 Å². The summed E-state index contributed by atoms with van der Waals surface area (Å²) in [6.07, 6.45) is 0.504. The average molecular weight is 280 g/mol. The molecule has 0 saturated carbocycles. The van der Waals surface area contributed by atoms with Crippen LogP contribution in [0.1, 0.15) is 26.7 Å². The number of nitrogens with one attached hydrogen (secondary N) is 1. The lowest BCUT2D eigenvalue weighted by molar-refractivity contribution is -0.146. The molecule has 1 aliphatic rings. The molecule has 0 radical (unpaired) electrons. The first-order valence-electron chi connectivity index (χ1n) is 6.49. The summed E-state index contributed by atoms with van der Waals surface area (Å²) in [7, 11) is 1.64. The van der Waals surface area contributed by atoms with Gasteiger partial charge in [-0.1, -0.05) is 0 Å².